The topological polar surface area (TPSA) is 65.1 Å². The highest BCUT2D eigenvalue weighted by Crippen LogP contribution is 2.23. The maximum Gasteiger partial charge on any atom is 0.409 e. The Morgan fingerprint density at radius 3 is 2.48 bits per heavy atom. The van der Waals surface area contributed by atoms with E-state index in [1.807, 2.05) is 0 Å². The highest BCUT2D eigenvalue weighted by molar-refractivity contribution is 5.71. The van der Waals surface area contributed by atoms with Crippen LogP contribution >= 0.6 is 0 Å². The molecule has 0 aromatic heterocycles. The fourth-order valence-electron chi connectivity index (χ4n) is 2.70. The van der Waals surface area contributed by atoms with E-state index in [0.717, 1.165) is 12.8 Å². The van der Waals surface area contributed by atoms with E-state index in [4.69, 9.17) is 14.2 Å². The molecule has 0 spiro atoms. The largest absolute Gasteiger partial charge is 0.465 e. The number of amides is 1. The summed E-state index contributed by atoms with van der Waals surface area (Å²) in [6.45, 7) is 2.77. The van der Waals surface area contributed by atoms with Crippen LogP contribution in [0.3, 0.4) is 0 Å². The van der Waals surface area contributed by atoms with Gasteiger partial charge < -0.3 is 19.1 Å². The van der Waals surface area contributed by atoms with Crippen LogP contribution in [-0.4, -0.2) is 56.5 Å². The van der Waals surface area contributed by atoms with Gasteiger partial charge in [-0.15, -0.1) is 0 Å². The second-order valence-electron chi connectivity index (χ2n) is 5.65. The van der Waals surface area contributed by atoms with Gasteiger partial charge in [0.1, 0.15) is 6.61 Å². The van der Waals surface area contributed by atoms with Crippen LogP contribution in [0.2, 0.25) is 0 Å². The summed E-state index contributed by atoms with van der Waals surface area (Å²) in [5.41, 5.74) is 0. The first-order valence-electron chi connectivity index (χ1n) is 7.91. The van der Waals surface area contributed by atoms with Gasteiger partial charge in [0.2, 0.25) is 0 Å². The summed E-state index contributed by atoms with van der Waals surface area (Å²) in [5.74, 6) is 0.231. The van der Waals surface area contributed by atoms with Crippen molar-refractivity contribution < 1.29 is 23.8 Å². The van der Waals surface area contributed by atoms with E-state index >= 15 is 0 Å². The normalized spacial score (nSPS) is 20.1. The summed E-state index contributed by atoms with van der Waals surface area (Å²) in [7, 11) is 0. The predicted molar refractivity (Wildman–Crippen MR) is 75.9 cm³/mol. The second-order valence-corrected chi connectivity index (χ2v) is 5.65. The van der Waals surface area contributed by atoms with Crippen LogP contribution in [0.15, 0.2) is 0 Å². The lowest BCUT2D eigenvalue weighted by molar-refractivity contribution is -0.146. The summed E-state index contributed by atoms with van der Waals surface area (Å²) < 4.78 is 15.5. The zero-order valence-electron chi connectivity index (χ0n) is 12.6. The molecule has 2 aliphatic rings. The molecule has 6 nitrogen and oxygen atoms in total. The van der Waals surface area contributed by atoms with Gasteiger partial charge in [0, 0.05) is 13.1 Å². The highest BCUT2D eigenvalue weighted by atomic mass is 16.6. The van der Waals surface area contributed by atoms with Gasteiger partial charge in [-0.05, 0) is 18.8 Å². The monoisotopic (exact) mass is 299 g/mol. The molecular formula is C15H25NO5. The van der Waals surface area contributed by atoms with E-state index in [1.54, 1.807) is 4.90 Å². The number of morpholine rings is 1. The van der Waals surface area contributed by atoms with E-state index in [1.165, 1.54) is 19.3 Å². The Balaban J connectivity index is 1.52. The molecule has 0 unspecified atom stereocenters. The standard InChI is InChI=1S/C15H25NO5/c17-14(21-12-13-4-2-1-3-5-13)6-9-20-15(18)16-7-10-19-11-8-16/h13H,1-12H2. The van der Waals surface area contributed by atoms with Gasteiger partial charge in [-0.25, -0.2) is 4.79 Å². The first-order chi connectivity index (χ1) is 10.3. The molecule has 0 radical (unpaired) electrons. The summed E-state index contributed by atoms with van der Waals surface area (Å²) in [6, 6.07) is 0. The number of esters is 1. The second kappa shape index (κ2) is 8.87. The minimum absolute atomic E-state index is 0.0830. The Labute approximate surface area is 125 Å². The van der Waals surface area contributed by atoms with Crippen molar-refractivity contribution >= 4 is 12.1 Å². The van der Waals surface area contributed by atoms with Crippen LogP contribution < -0.4 is 0 Å². The molecule has 0 atom stereocenters. The lowest BCUT2D eigenvalue weighted by Gasteiger charge is -2.25. The zero-order chi connectivity index (χ0) is 14.9. The molecule has 0 N–H and O–H groups in total. The fraction of sp³-hybridized carbons (Fsp3) is 0.867. The van der Waals surface area contributed by atoms with Crippen molar-refractivity contribution in [3.63, 3.8) is 0 Å². The minimum atomic E-state index is -0.376. The molecule has 21 heavy (non-hydrogen) atoms. The molecule has 1 saturated heterocycles. The van der Waals surface area contributed by atoms with Gasteiger partial charge >= 0.3 is 12.1 Å². The molecule has 2 rings (SSSR count). The average Bonchev–Trinajstić information content (AvgIpc) is 2.54. The third-order valence-corrected chi connectivity index (χ3v) is 4.01. The quantitative estimate of drug-likeness (QED) is 0.726. The Kier molecular flexibility index (Phi) is 6.79. The van der Waals surface area contributed by atoms with Crippen molar-refractivity contribution in [2.24, 2.45) is 5.92 Å². The number of rotatable bonds is 5. The zero-order valence-corrected chi connectivity index (χ0v) is 12.6. The van der Waals surface area contributed by atoms with Crippen molar-refractivity contribution in [3.8, 4) is 0 Å². The summed E-state index contributed by atoms with van der Waals surface area (Å²) >= 11 is 0. The van der Waals surface area contributed by atoms with E-state index in [2.05, 4.69) is 0 Å². The van der Waals surface area contributed by atoms with Gasteiger partial charge in [-0.3, -0.25) is 4.79 Å². The van der Waals surface area contributed by atoms with Crippen LogP contribution in [0.5, 0.6) is 0 Å². The third-order valence-electron chi connectivity index (χ3n) is 4.01. The first kappa shape index (κ1) is 16.1. The predicted octanol–water partition coefficient (Wildman–Crippen LogP) is 1.97. The van der Waals surface area contributed by atoms with Crippen molar-refractivity contribution in [2.75, 3.05) is 39.5 Å². The van der Waals surface area contributed by atoms with E-state index in [-0.39, 0.29) is 25.1 Å². The smallest absolute Gasteiger partial charge is 0.409 e. The lowest BCUT2D eigenvalue weighted by atomic mass is 9.90. The van der Waals surface area contributed by atoms with E-state index in [0.29, 0.717) is 38.8 Å². The molecule has 6 heteroatoms. The number of hydrogen-bond acceptors (Lipinski definition) is 5. The van der Waals surface area contributed by atoms with Crippen LogP contribution in [-0.2, 0) is 19.0 Å². The number of ether oxygens (including phenoxy) is 3. The van der Waals surface area contributed by atoms with Crippen LogP contribution in [0.25, 0.3) is 0 Å². The van der Waals surface area contributed by atoms with Gasteiger partial charge in [-0.2, -0.15) is 0 Å². The van der Waals surface area contributed by atoms with Crippen molar-refractivity contribution in [1.82, 2.24) is 4.90 Å². The van der Waals surface area contributed by atoms with Crippen molar-refractivity contribution in [2.45, 2.75) is 38.5 Å². The van der Waals surface area contributed by atoms with Crippen LogP contribution in [0.1, 0.15) is 38.5 Å². The fourth-order valence-corrected chi connectivity index (χ4v) is 2.70. The highest BCUT2D eigenvalue weighted by Gasteiger charge is 2.19. The molecule has 1 heterocycles. The number of hydrogen-bond donors (Lipinski definition) is 0. The molecule has 1 amide bonds. The first-order valence-corrected chi connectivity index (χ1v) is 7.91. The summed E-state index contributed by atoms with van der Waals surface area (Å²) in [5, 5.41) is 0. The third kappa shape index (κ3) is 5.91. The maximum atomic E-state index is 11.7. The molecule has 0 aromatic rings. The maximum absolute atomic E-state index is 11.7. The Morgan fingerprint density at radius 2 is 1.76 bits per heavy atom. The van der Waals surface area contributed by atoms with Gasteiger partial charge in [0.25, 0.3) is 0 Å². The van der Waals surface area contributed by atoms with Crippen LogP contribution in [0, 0.1) is 5.92 Å². The van der Waals surface area contributed by atoms with Gasteiger partial charge in [-0.1, -0.05) is 19.3 Å². The Hall–Kier alpha value is -1.30. The number of nitrogens with zero attached hydrogens (tertiary/aromatic N) is 1. The number of carbonyl (C=O) groups excluding carboxylic acids is 2. The lowest BCUT2D eigenvalue weighted by Crippen LogP contribution is -2.41. The van der Waals surface area contributed by atoms with Crippen LogP contribution in [0.4, 0.5) is 4.79 Å². The van der Waals surface area contributed by atoms with Crippen molar-refractivity contribution in [1.29, 1.82) is 0 Å². The summed E-state index contributed by atoms with van der Waals surface area (Å²) in [6.07, 6.45) is 5.82. The molecule has 1 saturated carbocycles. The molecule has 2 fully saturated rings. The number of carbonyl (C=O) groups is 2. The van der Waals surface area contributed by atoms with E-state index in [9.17, 15) is 9.59 Å². The van der Waals surface area contributed by atoms with Crippen molar-refractivity contribution in [3.05, 3.63) is 0 Å². The molecule has 120 valence electrons. The molecule has 0 aromatic carbocycles. The minimum Gasteiger partial charge on any atom is -0.465 e. The Bertz CT molecular complexity index is 335. The van der Waals surface area contributed by atoms with Gasteiger partial charge in [0.15, 0.2) is 0 Å². The van der Waals surface area contributed by atoms with E-state index < -0.39 is 0 Å². The molecular weight excluding hydrogens is 274 g/mol. The molecule has 1 aliphatic carbocycles. The molecule has 0 bridgehead atoms. The SMILES string of the molecule is O=C(CCOC(=O)N1CCOCC1)OCC1CCCCC1. The summed E-state index contributed by atoms with van der Waals surface area (Å²) in [4.78, 5) is 24.9. The van der Waals surface area contributed by atoms with Gasteiger partial charge in [0.05, 0.1) is 26.2 Å². The Morgan fingerprint density at radius 1 is 1.05 bits per heavy atom. The average molecular weight is 299 g/mol. The molecule has 1 aliphatic heterocycles.